The molecule has 0 saturated carbocycles. The largest absolute Gasteiger partial charge is 0.256 e. The van der Waals surface area contributed by atoms with Crippen LogP contribution >= 0.6 is 0 Å². The van der Waals surface area contributed by atoms with Crippen LogP contribution < -0.4 is 0 Å². The first-order chi connectivity index (χ1) is 20.8. The molecule has 0 bridgehead atoms. The van der Waals surface area contributed by atoms with Crippen molar-refractivity contribution in [1.82, 2.24) is 29.9 Å². The van der Waals surface area contributed by atoms with E-state index in [2.05, 4.69) is 40.3 Å². The predicted octanol–water partition coefficient (Wildman–Crippen LogP) is 8.06. The van der Waals surface area contributed by atoms with Crippen molar-refractivity contribution in [3.63, 3.8) is 0 Å². The minimum absolute atomic E-state index is 0.556. The highest BCUT2D eigenvalue weighted by atomic mass is 15.0. The highest BCUT2D eigenvalue weighted by Crippen LogP contribution is 2.33. The highest BCUT2D eigenvalue weighted by Gasteiger charge is 2.16. The van der Waals surface area contributed by atoms with E-state index in [1.54, 1.807) is 12.4 Å². The maximum atomic E-state index is 4.95. The van der Waals surface area contributed by atoms with Crippen LogP contribution in [0.5, 0.6) is 0 Å². The molecule has 0 spiro atoms. The summed E-state index contributed by atoms with van der Waals surface area (Å²) in [4.78, 5) is 28.5. The number of nitrogens with zero attached hydrogens (tertiary/aromatic N) is 6. The summed E-state index contributed by atoms with van der Waals surface area (Å²) in [6.07, 6.45) is 5.33. The van der Waals surface area contributed by atoms with Gasteiger partial charge in [0, 0.05) is 46.4 Å². The van der Waals surface area contributed by atoms with Crippen LogP contribution in [-0.4, -0.2) is 29.9 Å². The molecule has 0 aliphatic rings. The normalized spacial score (nSPS) is 10.9. The van der Waals surface area contributed by atoms with Crippen LogP contribution in [0.1, 0.15) is 0 Å². The molecule has 0 amide bonds. The number of aromatic nitrogens is 6. The van der Waals surface area contributed by atoms with Gasteiger partial charge in [0.15, 0.2) is 23.3 Å². The van der Waals surface area contributed by atoms with Gasteiger partial charge in [0.1, 0.15) is 0 Å². The van der Waals surface area contributed by atoms with Crippen molar-refractivity contribution in [2.45, 2.75) is 0 Å². The molecule has 0 aliphatic carbocycles. The Morgan fingerprint density at radius 3 is 1.33 bits per heavy atom. The molecular formula is C36H24N6. The number of pyridine rings is 1. The molecule has 198 valence electrons. The Labute approximate surface area is 243 Å². The second kappa shape index (κ2) is 11.3. The monoisotopic (exact) mass is 540 g/mol. The molecule has 3 heterocycles. The molecule has 0 saturated heterocycles. The van der Waals surface area contributed by atoms with Crippen molar-refractivity contribution in [1.29, 1.82) is 0 Å². The fourth-order valence-electron chi connectivity index (χ4n) is 4.82. The van der Waals surface area contributed by atoms with Gasteiger partial charge < -0.3 is 0 Å². The summed E-state index contributed by atoms with van der Waals surface area (Å²) in [6.45, 7) is 0. The summed E-state index contributed by atoms with van der Waals surface area (Å²) < 4.78 is 0. The molecule has 0 aliphatic heterocycles. The first-order valence-corrected chi connectivity index (χ1v) is 13.6. The van der Waals surface area contributed by atoms with Crippen LogP contribution in [0.25, 0.3) is 67.9 Å². The van der Waals surface area contributed by atoms with Gasteiger partial charge >= 0.3 is 0 Å². The van der Waals surface area contributed by atoms with Gasteiger partial charge in [-0.3, -0.25) is 4.98 Å². The zero-order valence-electron chi connectivity index (χ0n) is 22.5. The van der Waals surface area contributed by atoms with Crippen molar-refractivity contribution in [3.8, 4) is 67.9 Å². The van der Waals surface area contributed by atoms with E-state index in [0.717, 1.165) is 44.6 Å². The van der Waals surface area contributed by atoms with Crippen molar-refractivity contribution in [2.75, 3.05) is 0 Å². The first-order valence-electron chi connectivity index (χ1n) is 13.6. The smallest absolute Gasteiger partial charge is 0.164 e. The van der Waals surface area contributed by atoms with E-state index in [1.165, 1.54) is 0 Å². The van der Waals surface area contributed by atoms with Crippen LogP contribution in [-0.2, 0) is 0 Å². The number of hydrogen-bond donors (Lipinski definition) is 0. The maximum absolute atomic E-state index is 4.95. The second-order valence-corrected chi connectivity index (χ2v) is 9.71. The minimum Gasteiger partial charge on any atom is -0.256 e. The Hall–Kier alpha value is -5.88. The van der Waals surface area contributed by atoms with Gasteiger partial charge in [0.05, 0.1) is 5.69 Å². The van der Waals surface area contributed by atoms with Crippen LogP contribution in [0.15, 0.2) is 146 Å². The Balaban J connectivity index is 1.43. The number of hydrogen-bond acceptors (Lipinski definition) is 6. The lowest BCUT2D eigenvalue weighted by molar-refractivity contribution is 1.07. The van der Waals surface area contributed by atoms with Crippen LogP contribution in [0.3, 0.4) is 0 Å². The molecule has 6 nitrogen and oxygen atoms in total. The summed E-state index contributed by atoms with van der Waals surface area (Å²) in [5.74, 6) is 2.37. The lowest BCUT2D eigenvalue weighted by atomic mass is 9.99. The molecule has 0 atom stereocenters. The fraction of sp³-hybridized carbons (Fsp3) is 0. The molecule has 0 fully saturated rings. The molecule has 7 aromatic rings. The summed E-state index contributed by atoms with van der Waals surface area (Å²) in [7, 11) is 0. The van der Waals surface area contributed by atoms with Crippen molar-refractivity contribution in [3.05, 3.63) is 146 Å². The van der Waals surface area contributed by atoms with Crippen molar-refractivity contribution >= 4 is 0 Å². The van der Waals surface area contributed by atoms with E-state index in [0.29, 0.717) is 23.3 Å². The van der Waals surface area contributed by atoms with Crippen LogP contribution in [0.4, 0.5) is 0 Å². The Morgan fingerprint density at radius 1 is 0.286 bits per heavy atom. The van der Waals surface area contributed by atoms with E-state index in [-0.39, 0.29) is 0 Å². The van der Waals surface area contributed by atoms with E-state index in [1.807, 2.05) is 103 Å². The quantitative estimate of drug-likeness (QED) is 0.212. The third-order valence-corrected chi connectivity index (χ3v) is 6.88. The fourth-order valence-corrected chi connectivity index (χ4v) is 4.82. The lowest BCUT2D eigenvalue weighted by Crippen LogP contribution is -2.01. The SMILES string of the molecule is c1ccc(-c2ccnc(-c3cc(-c4ncccn4)cc(-c4nc(-c5ccccc5)nc(-c5ccccc5)n4)c3)c2)cc1. The molecule has 0 radical (unpaired) electrons. The summed E-state index contributed by atoms with van der Waals surface area (Å²) in [5, 5.41) is 0. The van der Waals surface area contributed by atoms with Gasteiger partial charge in [-0.05, 0) is 47.5 Å². The molecule has 4 aromatic carbocycles. The lowest BCUT2D eigenvalue weighted by Gasteiger charge is -2.12. The molecule has 3 aromatic heterocycles. The minimum atomic E-state index is 0.556. The Kier molecular flexibility index (Phi) is 6.76. The van der Waals surface area contributed by atoms with Gasteiger partial charge in [-0.15, -0.1) is 0 Å². The zero-order valence-corrected chi connectivity index (χ0v) is 22.5. The first kappa shape index (κ1) is 25.1. The average Bonchev–Trinajstić information content (AvgIpc) is 3.09. The number of rotatable bonds is 6. The van der Waals surface area contributed by atoms with E-state index < -0.39 is 0 Å². The van der Waals surface area contributed by atoms with Gasteiger partial charge in [0.2, 0.25) is 0 Å². The van der Waals surface area contributed by atoms with E-state index >= 15 is 0 Å². The molecule has 0 unspecified atom stereocenters. The predicted molar refractivity (Wildman–Crippen MR) is 166 cm³/mol. The molecule has 6 heteroatoms. The maximum Gasteiger partial charge on any atom is 0.164 e. The standard InChI is InChI=1S/C36H24N6/c1-4-11-25(12-5-1)28-17-20-37-32(24-28)29-21-30(33-38-18-10-19-39-33)23-31(22-29)36-41-34(26-13-6-2-7-14-26)40-35(42-36)27-15-8-3-9-16-27/h1-24H. The number of benzene rings is 4. The summed E-state index contributed by atoms with van der Waals surface area (Å²) in [5.41, 5.74) is 7.45. The molecule has 42 heavy (non-hydrogen) atoms. The van der Waals surface area contributed by atoms with Gasteiger partial charge in [-0.1, -0.05) is 91.0 Å². The van der Waals surface area contributed by atoms with Gasteiger partial charge in [-0.25, -0.2) is 24.9 Å². The van der Waals surface area contributed by atoms with Crippen LogP contribution in [0, 0.1) is 0 Å². The van der Waals surface area contributed by atoms with Crippen molar-refractivity contribution < 1.29 is 0 Å². The van der Waals surface area contributed by atoms with Crippen molar-refractivity contribution in [2.24, 2.45) is 0 Å². The molecule has 0 N–H and O–H groups in total. The molecule has 7 rings (SSSR count). The molecular weight excluding hydrogens is 516 g/mol. The van der Waals surface area contributed by atoms with E-state index in [4.69, 9.17) is 19.9 Å². The topological polar surface area (TPSA) is 77.3 Å². The third-order valence-electron chi connectivity index (χ3n) is 6.88. The zero-order chi connectivity index (χ0) is 28.1. The summed E-state index contributed by atoms with van der Waals surface area (Å²) in [6, 6.07) is 42.3. The Bertz CT molecular complexity index is 1900. The summed E-state index contributed by atoms with van der Waals surface area (Å²) >= 11 is 0. The van der Waals surface area contributed by atoms with Crippen LogP contribution in [0.2, 0.25) is 0 Å². The van der Waals surface area contributed by atoms with E-state index in [9.17, 15) is 0 Å². The highest BCUT2D eigenvalue weighted by molar-refractivity contribution is 5.79. The second-order valence-electron chi connectivity index (χ2n) is 9.71. The third kappa shape index (κ3) is 5.29. The Morgan fingerprint density at radius 2 is 0.762 bits per heavy atom. The van der Waals surface area contributed by atoms with Gasteiger partial charge in [0.25, 0.3) is 0 Å². The average molecular weight is 541 g/mol. The van der Waals surface area contributed by atoms with Gasteiger partial charge in [-0.2, -0.15) is 0 Å².